The van der Waals surface area contributed by atoms with Crippen LogP contribution in [-0.2, 0) is 13.1 Å². The zero-order valence-electron chi connectivity index (χ0n) is 15.0. The number of aryl methyl sites for hydroxylation is 3. The van der Waals surface area contributed by atoms with Crippen molar-refractivity contribution in [3.05, 3.63) is 51.7 Å². The normalized spacial score (nSPS) is 11.4. The highest BCUT2D eigenvalue weighted by atomic mass is 32.1. The molecule has 0 fully saturated rings. The average molecular weight is 342 g/mol. The Labute approximate surface area is 147 Å². The van der Waals surface area contributed by atoms with Crippen LogP contribution >= 0.6 is 11.3 Å². The fraction of sp³-hybridized carbons (Fsp3) is 0.368. The van der Waals surface area contributed by atoms with Gasteiger partial charge >= 0.3 is 0 Å². The van der Waals surface area contributed by atoms with Gasteiger partial charge in [0, 0.05) is 17.0 Å². The lowest BCUT2D eigenvalue weighted by atomic mass is 10.1. The van der Waals surface area contributed by atoms with Crippen LogP contribution < -0.4 is 10.2 Å². The summed E-state index contributed by atoms with van der Waals surface area (Å²) in [7, 11) is 4.34. The number of quaternary nitrogens is 1. The second-order valence-electron chi connectivity index (χ2n) is 6.64. The summed E-state index contributed by atoms with van der Waals surface area (Å²) >= 11 is 1.74. The molecule has 0 atom stereocenters. The third-order valence-corrected chi connectivity index (χ3v) is 5.28. The second-order valence-corrected chi connectivity index (χ2v) is 7.84. The molecule has 1 aromatic carbocycles. The van der Waals surface area contributed by atoms with E-state index in [0.29, 0.717) is 0 Å². The van der Waals surface area contributed by atoms with Crippen LogP contribution in [-0.4, -0.2) is 24.1 Å². The first-order chi connectivity index (χ1) is 11.4. The average Bonchev–Trinajstić information content (AvgIpc) is 2.80. The van der Waals surface area contributed by atoms with Crippen molar-refractivity contribution in [2.24, 2.45) is 0 Å². The molecule has 0 aliphatic heterocycles. The van der Waals surface area contributed by atoms with Crippen molar-refractivity contribution in [2.45, 2.75) is 33.9 Å². The van der Waals surface area contributed by atoms with Gasteiger partial charge in [-0.1, -0.05) is 24.3 Å². The van der Waals surface area contributed by atoms with Crippen molar-refractivity contribution in [2.75, 3.05) is 19.4 Å². The van der Waals surface area contributed by atoms with Gasteiger partial charge < -0.3 is 10.2 Å². The van der Waals surface area contributed by atoms with Gasteiger partial charge in [0.05, 0.1) is 19.5 Å². The molecule has 0 aliphatic rings. The number of thiophene rings is 1. The van der Waals surface area contributed by atoms with E-state index in [-0.39, 0.29) is 0 Å². The molecular weight excluding hydrogens is 316 g/mol. The Morgan fingerprint density at radius 1 is 1.00 bits per heavy atom. The lowest BCUT2D eigenvalue weighted by molar-refractivity contribution is -0.872. The van der Waals surface area contributed by atoms with Gasteiger partial charge in [0.2, 0.25) is 0 Å². The fourth-order valence-electron chi connectivity index (χ4n) is 2.85. The number of anilines is 1. The molecular formula is C19H25N4S+. The van der Waals surface area contributed by atoms with Crippen molar-refractivity contribution in [1.29, 1.82) is 0 Å². The van der Waals surface area contributed by atoms with Crippen LogP contribution in [0.1, 0.15) is 27.4 Å². The molecule has 0 spiro atoms. The maximum absolute atomic E-state index is 4.63. The highest BCUT2D eigenvalue weighted by molar-refractivity contribution is 7.18. The largest absolute Gasteiger partial charge is 0.365 e. The van der Waals surface area contributed by atoms with Crippen LogP contribution in [0.4, 0.5) is 5.82 Å². The zero-order valence-corrected chi connectivity index (χ0v) is 15.8. The van der Waals surface area contributed by atoms with E-state index in [1.165, 1.54) is 26.5 Å². The molecule has 2 aromatic heterocycles. The monoisotopic (exact) mass is 341 g/mol. The van der Waals surface area contributed by atoms with Gasteiger partial charge in [0.1, 0.15) is 23.0 Å². The number of nitrogens with one attached hydrogen (secondary N) is 2. The molecule has 5 heteroatoms. The number of hydrogen-bond acceptors (Lipinski definition) is 4. The Kier molecular flexibility index (Phi) is 4.83. The van der Waals surface area contributed by atoms with E-state index in [0.717, 1.165) is 34.9 Å². The van der Waals surface area contributed by atoms with E-state index in [4.69, 9.17) is 0 Å². The van der Waals surface area contributed by atoms with Crippen LogP contribution in [0.5, 0.6) is 0 Å². The Morgan fingerprint density at radius 3 is 2.33 bits per heavy atom. The summed E-state index contributed by atoms with van der Waals surface area (Å²) < 4.78 is 0. The first-order valence-electron chi connectivity index (χ1n) is 8.29. The van der Waals surface area contributed by atoms with Gasteiger partial charge in [0.15, 0.2) is 0 Å². The Hall–Kier alpha value is -1.98. The topological polar surface area (TPSA) is 42.2 Å². The van der Waals surface area contributed by atoms with Crippen molar-refractivity contribution in [3.8, 4) is 0 Å². The molecule has 24 heavy (non-hydrogen) atoms. The Morgan fingerprint density at radius 2 is 1.67 bits per heavy atom. The van der Waals surface area contributed by atoms with Crippen LogP contribution in [0.25, 0.3) is 10.2 Å². The van der Waals surface area contributed by atoms with Gasteiger partial charge in [-0.15, -0.1) is 11.3 Å². The number of benzene rings is 1. The summed E-state index contributed by atoms with van der Waals surface area (Å²) in [6.07, 6.45) is 0. The van der Waals surface area contributed by atoms with E-state index in [1.807, 2.05) is 6.92 Å². The quantitative estimate of drug-likeness (QED) is 0.750. The molecule has 0 saturated heterocycles. The highest BCUT2D eigenvalue weighted by Gasteiger charge is 2.13. The predicted octanol–water partition coefficient (Wildman–Crippen LogP) is 2.87. The minimum Gasteiger partial charge on any atom is -0.365 e. The molecule has 0 radical (unpaired) electrons. The van der Waals surface area contributed by atoms with Crippen molar-refractivity contribution in [1.82, 2.24) is 9.97 Å². The van der Waals surface area contributed by atoms with Gasteiger partial charge in [-0.05, 0) is 31.9 Å². The predicted molar refractivity (Wildman–Crippen MR) is 102 cm³/mol. The number of fused-ring (bicyclic) bond motifs is 1. The number of rotatable bonds is 5. The zero-order chi connectivity index (χ0) is 17.3. The summed E-state index contributed by atoms with van der Waals surface area (Å²) in [5, 5.41) is 4.67. The number of nitrogens with zero attached hydrogens (tertiary/aromatic N) is 2. The summed E-state index contributed by atoms with van der Waals surface area (Å²) in [6.45, 7) is 8.07. The van der Waals surface area contributed by atoms with Crippen LogP contribution in [0.2, 0.25) is 0 Å². The summed E-state index contributed by atoms with van der Waals surface area (Å²) in [5.74, 6) is 1.76. The first-order valence-corrected chi connectivity index (χ1v) is 9.10. The van der Waals surface area contributed by atoms with Crippen LogP contribution in [0.15, 0.2) is 24.3 Å². The molecule has 3 aromatic rings. The third-order valence-electron chi connectivity index (χ3n) is 4.18. The van der Waals surface area contributed by atoms with Gasteiger partial charge in [0.25, 0.3) is 0 Å². The molecule has 4 nitrogen and oxygen atoms in total. The smallest absolute Gasteiger partial charge is 0.139 e. The number of aromatic nitrogens is 2. The summed E-state index contributed by atoms with van der Waals surface area (Å²) in [5.41, 5.74) is 3.91. The Balaban J connectivity index is 1.80. The summed E-state index contributed by atoms with van der Waals surface area (Å²) in [4.78, 5) is 13.0. The summed E-state index contributed by atoms with van der Waals surface area (Å²) in [6, 6.07) is 8.82. The highest BCUT2D eigenvalue weighted by Crippen LogP contribution is 2.33. The Bertz CT molecular complexity index is 850. The van der Waals surface area contributed by atoms with Gasteiger partial charge in [-0.2, -0.15) is 0 Å². The van der Waals surface area contributed by atoms with Crippen LogP contribution in [0, 0.1) is 20.8 Å². The number of hydrogen-bond donors (Lipinski definition) is 2. The van der Waals surface area contributed by atoms with Crippen molar-refractivity contribution in [3.63, 3.8) is 0 Å². The van der Waals surface area contributed by atoms with Crippen molar-refractivity contribution >= 4 is 27.4 Å². The van der Waals surface area contributed by atoms with E-state index >= 15 is 0 Å². The minimum absolute atomic E-state index is 0.773. The van der Waals surface area contributed by atoms with E-state index < -0.39 is 0 Å². The third kappa shape index (κ3) is 3.57. The van der Waals surface area contributed by atoms with Gasteiger partial charge in [-0.3, -0.25) is 0 Å². The molecule has 2 heterocycles. The van der Waals surface area contributed by atoms with E-state index in [2.05, 4.69) is 67.5 Å². The van der Waals surface area contributed by atoms with E-state index in [9.17, 15) is 0 Å². The van der Waals surface area contributed by atoms with Crippen LogP contribution in [0.3, 0.4) is 0 Å². The van der Waals surface area contributed by atoms with Gasteiger partial charge in [-0.25, -0.2) is 9.97 Å². The molecule has 3 rings (SSSR count). The molecule has 0 bridgehead atoms. The molecule has 0 unspecified atom stereocenters. The molecule has 0 aliphatic carbocycles. The maximum atomic E-state index is 4.63. The van der Waals surface area contributed by atoms with E-state index in [1.54, 1.807) is 11.3 Å². The maximum Gasteiger partial charge on any atom is 0.139 e. The first kappa shape index (κ1) is 16.9. The molecule has 0 saturated carbocycles. The minimum atomic E-state index is 0.773. The SMILES string of the molecule is Cc1nc(NCc2ccc(C[NH+](C)C)cc2)c2c(C)c(C)sc2n1. The molecule has 2 N–H and O–H groups in total. The van der Waals surface area contributed by atoms with Crippen molar-refractivity contribution < 1.29 is 4.90 Å². The lowest BCUT2D eigenvalue weighted by Gasteiger charge is -2.10. The standard InChI is InChI=1S/C19H24N4S/c1-12-13(2)24-19-17(12)18(21-14(3)22-19)20-10-15-6-8-16(9-7-15)11-23(4)5/h6-9H,10-11H2,1-5H3,(H,20,21,22)/p+1. The molecule has 126 valence electrons. The lowest BCUT2D eigenvalue weighted by Crippen LogP contribution is -3.04. The fourth-order valence-corrected chi connectivity index (χ4v) is 3.93. The second kappa shape index (κ2) is 6.87. The molecule has 0 amide bonds.